The first kappa shape index (κ1) is 15.8. The van der Waals surface area contributed by atoms with Gasteiger partial charge in [-0.05, 0) is 44.4 Å². The summed E-state index contributed by atoms with van der Waals surface area (Å²) in [7, 11) is 0. The van der Waals surface area contributed by atoms with Crippen LogP contribution in [-0.2, 0) is 5.60 Å². The molecule has 1 N–H and O–H groups in total. The molecular formula is C14H19F3O2. The summed E-state index contributed by atoms with van der Waals surface area (Å²) in [6.45, 7) is 3.62. The minimum atomic E-state index is -4.09. The fourth-order valence-corrected chi connectivity index (χ4v) is 1.58. The predicted molar refractivity (Wildman–Crippen MR) is 67.1 cm³/mol. The standard InChI is InChI=1S/C14H19F3O2/c1-13(2,18)11-5-7-12(8-6-11)19-10-4-3-9-14(15,16)17/h5-8,18H,3-4,9-10H2,1-2H3. The molecule has 1 aromatic carbocycles. The van der Waals surface area contributed by atoms with Gasteiger partial charge in [0, 0.05) is 6.42 Å². The third-order valence-corrected chi connectivity index (χ3v) is 2.68. The van der Waals surface area contributed by atoms with Crippen molar-refractivity contribution >= 4 is 0 Å². The maximum atomic E-state index is 11.9. The third kappa shape index (κ3) is 6.47. The highest BCUT2D eigenvalue weighted by molar-refractivity contribution is 5.30. The fourth-order valence-electron chi connectivity index (χ4n) is 1.58. The number of ether oxygens (including phenoxy) is 1. The van der Waals surface area contributed by atoms with E-state index in [1.807, 2.05) is 0 Å². The molecule has 1 aromatic rings. The second-order valence-electron chi connectivity index (χ2n) is 5.00. The van der Waals surface area contributed by atoms with Crippen LogP contribution in [0.3, 0.4) is 0 Å². The summed E-state index contributed by atoms with van der Waals surface area (Å²) >= 11 is 0. The monoisotopic (exact) mass is 276 g/mol. The van der Waals surface area contributed by atoms with Gasteiger partial charge in [0.05, 0.1) is 12.2 Å². The Morgan fingerprint density at radius 1 is 1.05 bits per heavy atom. The first-order valence-electron chi connectivity index (χ1n) is 6.21. The van der Waals surface area contributed by atoms with Gasteiger partial charge in [0.15, 0.2) is 0 Å². The number of halogens is 3. The van der Waals surface area contributed by atoms with Gasteiger partial charge in [0.2, 0.25) is 0 Å². The lowest BCUT2D eigenvalue weighted by atomic mass is 9.99. The largest absolute Gasteiger partial charge is 0.494 e. The van der Waals surface area contributed by atoms with E-state index in [-0.39, 0.29) is 13.0 Å². The molecule has 19 heavy (non-hydrogen) atoms. The van der Waals surface area contributed by atoms with Gasteiger partial charge >= 0.3 is 6.18 Å². The number of hydrogen-bond acceptors (Lipinski definition) is 2. The van der Waals surface area contributed by atoms with Crippen LogP contribution in [0.1, 0.15) is 38.7 Å². The van der Waals surface area contributed by atoms with Crippen molar-refractivity contribution < 1.29 is 23.0 Å². The Morgan fingerprint density at radius 3 is 2.11 bits per heavy atom. The van der Waals surface area contributed by atoms with Crippen LogP contribution in [0.5, 0.6) is 5.75 Å². The molecule has 0 bridgehead atoms. The summed E-state index contributed by atoms with van der Waals surface area (Å²) in [5.74, 6) is 0.597. The van der Waals surface area contributed by atoms with Crippen LogP contribution in [0, 0.1) is 0 Å². The van der Waals surface area contributed by atoms with Crippen LogP contribution < -0.4 is 4.74 Å². The minimum absolute atomic E-state index is 0.0747. The normalized spacial score (nSPS) is 12.5. The summed E-state index contributed by atoms with van der Waals surface area (Å²) in [6.07, 6.45) is -4.42. The second kappa shape index (κ2) is 6.28. The summed E-state index contributed by atoms with van der Waals surface area (Å²) in [5.41, 5.74) is -0.150. The maximum Gasteiger partial charge on any atom is 0.389 e. The average Bonchev–Trinajstić information content (AvgIpc) is 2.26. The van der Waals surface area contributed by atoms with Crippen molar-refractivity contribution in [3.63, 3.8) is 0 Å². The highest BCUT2D eigenvalue weighted by Gasteiger charge is 2.25. The Labute approximate surface area is 111 Å². The topological polar surface area (TPSA) is 29.5 Å². The summed E-state index contributed by atoms with van der Waals surface area (Å²) in [5, 5.41) is 9.75. The highest BCUT2D eigenvalue weighted by atomic mass is 19.4. The first-order valence-corrected chi connectivity index (χ1v) is 6.21. The van der Waals surface area contributed by atoms with Gasteiger partial charge < -0.3 is 9.84 Å². The van der Waals surface area contributed by atoms with E-state index in [2.05, 4.69) is 0 Å². The maximum absolute atomic E-state index is 11.9. The van der Waals surface area contributed by atoms with Crippen LogP contribution in [0.4, 0.5) is 13.2 Å². The zero-order chi connectivity index (χ0) is 14.5. The Bertz CT molecular complexity index is 377. The molecule has 0 saturated heterocycles. The molecule has 0 radical (unpaired) electrons. The lowest BCUT2D eigenvalue weighted by Gasteiger charge is -2.18. The number of alkyl halides is 3. The summed E-state index contributed by atoms with van der Waals surface area (Å²) < 4.78 is 41.0. The number of rotatable bonds is 6. The molecular weight excluding hydrogens is 257 g/mol. The molecule has 0 saturated carbocycles. The van der Waals surface area contributed by atoms with Gasteiger partial charge in [-0.2, -0.15) is 13.2 Å². The zero-order valence-electron chi connectivity index (χ0n) is 11.1. The molecule has 2 nitrogen and oxygen atoms in total. The van der Waals surface area contributed by atoms with Crippen LogP contribution in [0.15, 0.2) is 24.3 Å². The van der Waals surface area contributed by atoms with Crippen molar-refractivity contribution in [2.75, 3.05) is 6.61 Å². The van der Waals surface area contributed by atoms with Gasteiger partial charge in [0.1, 0.15) is 5.75 Å². The molecule has 0 spiro atoms. The van der Waals surface area contributed by atoms with Gasteiger partial charge in [-0.3, -0.25) is 0 Å². The lowest BCUT2D eigenvalue weighted by Crippen LogP contribution is -2.15. The molecule has 0 aliphatic carbocycles. The van der Waals surface area contributed by atoms with Gasteiger partial charge in [-0.25, -0.2) is 0 Å². The Hall–Kier alpha value is -1.23. The average molecular weight is 276 g/mol. The van der Waals surface area contributed by atoms with Crippen molar-refractivity contribution in [3.05, 3.63) is 29.8 Å². The van der Waals surface area contributed by atoms with E-state index >= 15 is 0 Å². The van der Waals surface area contributed by atoms with Gasteiger partial charge in [-0.15, -0.1) is 0 Å². The van der Waals surface area contributed by atoms with Crippen molar-refractivity contribution in [3.8, 4) is 5.75 Å². The molecule has 5 heteroatoms. The summed E-state index contributed by atoms with van der Waals surface area (Å²) in [4.78, 5) is 0. The number of benzene rings is 1. The van der Waals surface area contributed by atoms with E-state index in [9.17, 15) is 18.3 Å². The van der Waals surface area contributed by atoms with Crippen molar-refractivity contribution in [2.24, 2.45) is 0 Å². The number of aliphatic hydroxyl groups is 1. The van der Waals surface area contributed by atoms with Crippen molar-refractivity contribution in [1.29, 1.82) is 0 Å². The SMILES string of the molecule is CC(C)(O)c1ccc(OCCCCC(F)(F)F)cc1. The third-order valence-electron chi connectivity index (χ3n) is 2.68. The molecule has 0 aliphatic rings. The molecule has 108 valence electrons. The van der Waals surface area contributed by atoms with E-state index < -0.39 is 18.2 Å². The molecule has 0 aromatic heterocycles. The minimum Gasteiger partial charge on any atom is -0.494 e. The van der Waals surface area contributed by atoms with Gasteiger partial charge in [-0.1, -0.05) is 12.1 Å². The molecule has 1 rings (SSSR count). The van der Waals surface area contributed by atoms with E-state index in [4.69, 9.17) is 4.74 Å². The van der Waals surface area contributed by atoms with E-state index in [0.29, 0.717) is 12.2 Å². The van der Waals surface area contributed by atoms with E-state index in [0.717, 1.165) is 5.56 Å². The lowest BCUT2D eigenvalue weighted by molar-refractivity contribution is -0.135. The van der Waals surface area contributed by atoms with E-state index in [1.165, 1.54) is 0 Å². The van der Waals surface area contributed by atoms with Crippen LogP contribution in [0.2, 0.25) is 0 Å². The molecule has 0 heterocycles. The van der Waals surface area contributed by atoms with Crippen LogP contribution in [-0.4, -0.2) is 17.9 Å². The van der Waals surface area contributed by atoms with E-state index in [1.54, 1.807) is 38.1 Å². The predicted octanol–water partition coefficient (Wildman–Crippen LogP) is 4.03. The summed E-state index contributed by atoms with van der Waals surface area (Å²) in [6, 6.07) is 6.89. The first-order chi connectivity index (χ1) is 8.68. The zero-order valence-corrected chi connectivity index (χ0v) is 11.1. The quantitative estimate of drug-likeness (QED) is 0.795. The van der Waals surface area contributed by atoms with Crippen LogP contribution >= 0.6 is 0 Å². The van der Waals surface area contributed by atoms with Crippen molar-refractivity contribution in [1.82, 2.24) is 0 Å². The Balaban J connectivity index is 2.31. The Kier molecular flexibility index (Phi) is 5.23. The molecule has 0 fully saturated rings. The van der Waals surface area contributed by atoms with Crippen LogP contribution in [0.25, 0.3) is 0 Å². The Morgan fingerprint density at radius 2 is 1.63 bits per heavy atom. The smallest absolute Gasteiger partial charge is 0.389 e. The molecule has 0 atom stereocenters. The van der Waals surface area contributed by atoms with Crippen molar-refractivity contribution in [2.45, 2.75) is 44.9 Å². The second-order valence-corrected chi connectivity index (χ2v) is 5.00. The number of hydrogen-bond donors (Lipinski definition) is 1. The van der Waals surface area contributed by atoms with Gasteiger partial charge in [0.25, 0.3) is 0 Å². The highest BCUT2D eigenvalue weighted by Crippen LogP contribution is 2.23. The fraction of sp³-hybridized carbons (Fsp3) is 0.571. The number of unbranched alkanes of at least 4 members (excludes halogenated alkanes) is 1. The molecule has 0 aliphatic heterocycles. The molecule has 0 amide bonds. The molecule has 0 unspecified atom stereocenters.